The average molecular weight is 241 g/mol. The first-order valence-electron chi connectivity index (χ1n) is 5.99. The summed E-state index contributed by atoms with van der Waals surface area (Å²) in [5.74, 6) is -0.219. The monoisotopic (exact) mass is 241 g/mol. The normalized spacial score (nSPS) is 11.0. The van der Waals surface area contributed by atoms with E-state index in [1.54, 1.807) is 6.07 Å². The summed E-state index contributed by atoms with van der Waals surface area (Å²) in [6, 6.07) is 15.1. The molecule has 2 aromatic carbocycles. The minimum absolute atomic E-state index is 0.219. The highest BCUT2D eigenvalue weighted by atomic mass is 19.1. The molecule has 92 valence electrons. The smallest absolute Gasteiger partial charge is 0.127 e. The van der Waals surface area contributed by atoms with Gasteiger partial charge in [-0.25, -0.2) is 4.39 Å². The second-order valence-electron chi connectivity index (χ2n) is 4.10. The van der Waals surface area contributed by atoms with Crippen molar-refractivity contribution in [2.24, 2.45) is 5.73 Å². The van der Waals surface area contributed by atoms with Gasteiger partial charge in [0.25, 0.3) is 0 Å². The summed E-state index contributed by atoms with van der Waals surface area (Å²) in [5, 5.41) is 0. The molecule has 0 saturated carbocycles. The van der Waals surface area contributed by atoms with E-state index in [0.717, 1.165) is 11.1 Å². The Morgan fingerprint density at radius 3 is 2.50 bits per heavy atom. The van der Waals surface area contributed by atoms with Crippen molar-refractivity contribution in [3.63, 3.8) is 0 Å². The van der Waals surface area contributed by atoms with Gasteiger partial charge in [-0.2, -0.15) is 0 Å². The second kappa shape index (κ2) is 6.12. The highest BCUT2D eigenvalue weighted by Gasteiger charge is 2.04. The fourth-order valence-electron chi connectivity index (χ4n) is 1.91. The van der Waals surface area contributed by atoms with Gasteiger partial charge >= 0.3 is 0 Å². The van der Waals surface area contributed by atoms with E-state index in [2.05, 4.69) is 0 Å². The Balaban J connectivity index is 2.11. The molecule has 18 heavy (non-hydrogen) atoms. The minimum Gasteiger partial charge on any atom is -0.326 e. The summed E-state index contributed by atoms with van der Waals surface area (Å²) < 4.78 is 13.5. The van der Waals surface area contributed by atoms with E-state index in [9.17, 15) is 4.39 Å². The van der Waals surface area contributed by atoms with Crippen LogP contribution in [-0.4, -0.2) is 0 Å². The van der Waals surface area contributed by atoms with Crippen LogP contribution in [0, 0.1) is 5.82 Å². The molecule has 0 aliphatic rings. The number of benzene rings is 2. The number of hydrogen-bond acceptors (Lipinski definition) is 1. The van der Waals surface area contributed by atoms with Crippen LogP contribution in [0.1, 0.15) is 16.7 Å². The highest BCUT2D eigenvalue weighted by Crippen LogP contribution is 2.14. The van der Waals surface area contributed by atoms with Gasteiger partial charge in [-0.3, -0.25) is 0 Å². The highest BCUT2D eigenvalue weighted by molar-refractivity contribution is 5.49. The lowest BCUT2D eigenvalue weighted by molar-refractivity contribution is 0.608. The van der Waals surface area contributed by atoms with Gasteiger partial charge in [0.15, 0.2) is 0 Å². The zero-order valence-corrected chi connectivity index (χ0v) is 10.1. The quantitative estimate of drug-likeness (QED) is 0.870. The van der Waals surface area contributed by atoms with Gasteiger partial charge in [0.1, 0.15) is 5.82 Å². The molecule has 0 unspecified atom stereocenters. The van der Waals surface area contributed by atoms with Crippen LogP contribution in [0.15, 0.2) is 54.6 Å². The van der Waals surface area contributed by atoms with Crippen molar-refractivity contribution in [1.29, 1.82) is 0 Å². The Morgan fingerprint density at radius 1 is 1.00 bits per heavy atom. The van der Waals surface area contributed by atoms with Gasteiger partial charge in [0.05, 0.1) is 0 Å². The number of rotatable bonds is 4. The van der Waals surface area contributed by atoms with Crippen molar-refractivity contribution in [2.45, 2.75) is 13.0 Å². The molecular formula is C16H16FN. The topological polar surface area (TPSA) is 26.0 Å². The molecule has 0 aliphatic heterocycles. The first kappa shape index (κ1) is 12.5. The molecule has 0 fully saturated rings. The summed E-state index contributed by atoms with van der Waals surface area (Å²) in [5.41, 5.74) is 8.27. The Kier molecular flexibility index (Phi) is 4.26. The van der Waals surface area contributed by atoms with E-state index in [1.165, 1.54) is 6.07 Å². The standard InChI is InChI=1S/C16H16FN/c17-16-11-5-10-14(15(16)12-18)9-4-8-13-6-2-1-3-7-13/h1-8,10-11H,9,12,18H2. The fourth-order valence-corrected chi connectivity index (χ4v) is 1.91. The van der Waals surface area contributed by atoms with Gasteiger partial charge in [0.2, 0.25) is 0 Å². The van der Waals surface area contributed by atoms with Crippen molar-refractivity contribution < 1.29 is 4.39 Å². The molecule has 0 atom stereocenters. The molecule has 0 bridgehead atoms. The summed E-state index contributed by atoms with van der Waals surface area (Å²) >= 11 is 0. The molecule has 0 radical (unpaired) electrons. The molecule has 0 saturated heterocycles. The number of hydrogen-bond donors (Lipinski definition) is 1. The molecule has 1 nitrogen and oxygen atoms in total. The zero-order valence-electron chi connectivity index (χ0n) is 10.1. The number of allylic oxidation sites excluding steroid dienone is 1. The van der Waals surface area contributed by atoms with Crippen molar-refractivity contribution in [2.75, 3.05) is 0 Å². The Morgan fingerprint density at radius 2 is 1.78 bits per heavy atom. The molecule has 0 heterocycles. The van der Waals surface area contributed by atoms with Gasteiger partial charge in [-0.05, 0) is 23.6 Å². The number of nitrogens with two attached hydrogens (primary N) is 1. The van der Waals surface area contributed by atoms with Crippen molar-refractivity contribution in [3.05, 3.63) is 77.1 Å². The van der Waals surface area contributed by atoms with Crippen molar-refractivity contribution in [1.82, 2.24) is 0 Å². The molecular weight excluding hydrogens is 225 g/mol. The lowest BCUT2D eigenvalue weighted by atomic mass is 10.0. The largest absolute Gasteiger partial charge is 0.326 e. The fraction of sp³-hybridized carbons (Fsp3) is 0.125. The second-order valence-corrected chi connectivity index (χ2v) is 4.10. The average Bonchev–Trinajstić information content (AvgIpc) is 2.40. The number of halogens is 1. The molecule has 0 spiro atoms. The Bertz CT molecular complexity index is 532. The lowest BCUT2D eigenvalue weighted by Gasteiger charge is -2.06. The summed E-state index contributed by atoms with van der Waals surface area (Å²) in [6.07, 6.45) is 4.76. The molecule has 0 amide bonds. The first-order valence-corrected chi connectivity index (χ1v) is 5.99. The van der Waals surface area contributed by atoms with Gasteiger partial charge < -0.3 is 5.73 Å². The Hall–Kier alpha value is -1.93. The van der Waals surface area contributed by atoms with Crippen LogP contribution in [0.4, 0.5) is 4.39 Å². The predicted molar refractivity (Wildman–Crippen MR) is 73.5 cm³/mol. The van der Waals surface area contributed by atoms with E-state index in [1.807, 2.05) is 48.6 Å². The third kappa shape index (κ3) is 3.05. The van der Waals surface area contributed by atoms with E-state index in [-0.39, 0.29) is 12.4 Å². The van der Waals surface area contributed by atoms with Crippen LogP contribution in [0.5, 0.6) is 0 Å². The van der Waals surface area contributed by atoms with Gasteiger partial charge in [0, 0.05) is 12.1 Å². The first-order chi connectivity index (χ1) is 8.81. The predicted octanol–water partition coefficient (Wildman–Crippen LogP) is 3.54. The van der Waals surface area contributed by atoms with Gasteiger partial charge in [-0.15, -0.1) is 0 Å². The maximum Gasteiger partial charge on any atom is 0.127 e. The summed E-state index contributed by atoms with van der Waals surface area (Å²) in [4.78, 5) is 0. The third-order valence-corrected chi connectivity index (χ3v) is 2.87. The SMILES string of the molecule is NCc1c(F)cccc1CC=Cc1ccccc1. The molecule has 2 heteroatoms. The van der Waals surface area contributed by atoms with E-state index < -0.39 is 0 Å². The van der Waals surface area contributed by atoms with Crippen LogP contribution < -0.4 is 5.73 Å². The lowest BCUT2D eigenvalue weighted by Crippen LogP contribution is -2.04. The summed E-state index contributed by atoms with van der Waals surface area (Å²) in [7, 11) is 0. The van der Waals surface area contributed by atoms with Gasteiger partial charge in [-0.1, -0.05) is 54.6 Å². The molecule has 0 aliphatic carbocycles. The Labute approximate surface area is 107 Å². The molecule has 0 aromatic heterocycles. The van der Waals surface area contributed by atoms with Crippen LogP contribution in [0.3, 0.4) is 0 Å². The minimum atomic E-state index is -0.219. The van der Waals surface area contributed by atoms with E-state index >= 15 is 0 Å². The van der Waals surface area contributed by atoms with E-state index in [4.69, 9.17) is 5.73 Å². The van der Waals surface area contributed by atoms with Crippen molar-refractivity contribution in [3.8, 4) is 0 Å². The van der Waals surface area contributed by atoms with Crippen LogP contribution in [0.2, 0.25) is 0 Å². The van der Waals surface area contributed by atoms with Crippen LogP contribution in [-0.2, 0) is 13.0 Å². The van der Waals surface area contributed by atoms with Crippen LogP contribution in [0.25, 0.3) is 6.08 Å². The van der Waals surface area contributed by atoms with Crippen molar-refractivity contribution >= 4 is 6.08 Å². The molecule has 2 rings (SSSR count). The zero-order chi connectivity index (χ0) is 12.8. The summed E-state index contributed by atoms with van der Waals surface area (Å²) in [6.45, 7) is 0.237. The molecule has 2 N–H and O–H groups in total. The van der Waals surface area contributed by atoms with E-state index in [0.29, 0.717) is 12.0 Å². The molecule has 2 aromatic rings. The maximum absolute atomic E-state index is 13.5. The third-order valence-electron chi connectivity index (χ3n) is 2.87. The maximum atomic E-state index is 13.5. The van der Waals surface area contributed by atoms with Crippen LogP contribution >= 0.6 is 0 Å².